The summed E-state index contributed by atoms with van der Waals surface area (Å²) in [6.07, 6.45) is 6.38. The van der Waals surface area contributed by atoms with Crippen LogP contribution in [0.1, 0.15) is 52.9 Å². The van der Waals surface area contributed by atoms with Crippen LogP contribution in [0, 0.1) is 5.92 Å². The monoisotopic (exact) mass is 238 g/mol. The molecule has 0 spiro atoms. The first-order valence-electron chi connectivity index (χ1n) is 6.66. The van der Waals surface area contributed by atoms with E-state index in [2.05, 4.69) is 20.4 Å². The van der Waals surface area contributed by atoms with Gasteiger partial charge in [-0.05, 0) is 44.1 Å². The van der Waals surface area contributed by atoms with Gasteiger partial charge in [-0.25, -0.2) is 0 Å². The highest BCUT2D eigenvalue weighted by molar-refractivity contribution is 5.24. The lowest BCUT2D eigenvalue weighted by atomic mass is 9.90. The lowest BCUT2D eigenvalue weighted by molar-refractivity contribution is 0.0680. The highest BCUT2D eigenvalue weighted by Crippen LogP contribution is 2.39. The highest BCUT2D eigenvalue weighted by atomic mass is 16.5. The molecule has 0 fully saturated rings. The first-order chi connectivity index (χ1) is 7.99. The number of allylic oxidation sites excluding steroid dienone is 2. The molecule has 1 atom stereocenters. The van der Waals surface area contributed by atoms with Crippen LogP contribution >= 0.6 is 0 Å². The average Bonchev–Trinajstić information content (AvgIpc) is 2.54. The predicted octanol–water partition coefficient (Wildman–Crippen LogP) is 3.81. The minimum absolute atomic E-state index is 0.532. The molecule has 2 nitrogen and oxygen atoms in total. The fraction of sp³-hybridized carbons (Fsp3) is 0.733. The Morgan fingerprint density at radius 3 is 2.82 bits per heavy atom. The van der Waals surface area contributed by atoms with Crippen molar-refractivity contribution in [3.8, 4) is 0 Å². The van der Waals surface area contributed by atoms with E-state index in [0.717, 1.165) is 50.0 Å². The summed E-state index contributed by atoms with van der Waals surface area (Å²) in [5.74, 6) is 1.55. The van der Waals surface area contributed by atoms with Crippen molar-refractivity contribution in [2.75, 3.05) is 6.61 Å². The maximum atomic E-state index is 10.5. The Hall–Kier alpha value is -0.760. The summed E-state index contributed by atoms with van der Waals surface area (Å²) >= 11 is 0. The van der Waals surface area contributed by atoms with Crippen LogP contribution in [0.4, 0.5) is 0 Å². The molecule has 0 saturated heterocycles. The van der Waals surface area contributed by atoms with E-state index in [4.69, 9.17) is 4.74 Å². The van der Waals surface area contributed by atoms with Crippen LogP contribution < -0.4 is 0 Å². The summed E-state index contributed by atoms with van der Waals surface area (Å²) in [6.45, 7) is 10.7. The van der Waals surface area contributed by atoms with Gasteiger partial charge in [0.05, 0.1) is 18.0 Å². The Morgan fingerprint density at radius 2 is 2.24 bits per heavy atom. The van der Waals surface area contributed by atoms with Crippen LogP contribution in [0.5, 0.6) is 0 Å². The van der Waals surface area contributed by atoms with E-state index >= 15 is 0 Å². The Kier molecular flexibility index (Phi) is 5.26. The van der Waals surface area contributed by atoms with Crippen molar-refractivity contribution in [2.24, 2.45) is 5.92 Å². The zero-order valence-corrected chi connectivity index (χ0v) is 11.5. The van der Waals surface area contributed by atoms with Crippen molar-refractivity contribution in [1.82, 2.24) is 0 Å². The topological polar surface area (TPSA) is 29.5 Å². The number of rotatable bonds is 7. The number of hydrogen-bond acceptors (Lipinski definition) is 2. The van der Waals surface area contributed by atoms with Crippen LogP contribution in [0.2, 0.25) is 0 Å². The van der Waals surface area contributed by atoms with Gasteiger partial charge in [0.25, 0.3) is 0 Å². The number of ether oxygens (including phenoxy) is 1. The SMILES string of the molecule is C=CCCCC1(O)CCC(OCC(C)C)=C1C. The van der Waals surface area contributed by atoms with E-state index < -0.39 is 5.60 Å². The molecule has 1 N–H and O–H groups in total. The first-order valence-corrected chi connectivity index (χ1v) is 6.66. The van der Waals surface area contributed by atoms with Gasteiger partial charge in [-0.15, -0.1) is 6.58 Å². The second-order valence-electron chi connectivity index (χ2n) is 5.47. The van der Waals surface area contributed by atoms with Gasteiger partial charge in [0.2, 0.25) is 0 Å². The van der Waals surface area contributed by atoms with Crippen molar-refractivity contribution < 1.29 is 9.84 Å². The van der Waals surface area contributed by atoms with E-state index in [1.807, 2.05) is 13.0 Å². The zero-order valence-electron chi connectivity index (χ0n) is 11.5. The maximum absolute atomic E-state index is 10.5. The van der Waals surface area contributed by atoms with Crippen LogP contribution in [-0.2, 0) is 4.74 Å². The summed E-state index contributed by atoms with van der Waals surface area (Å²) < 4.78 is 5.78. The van der Waals surface area contributed by atoms with Gasteiger partial charge in [0.15, 0.2) is 0 Å². The normalized spacial score (nSPS) is 24.5. The molecule has 1 unspecified atom stereocenters. The molecule has 0 aliphatic heterocycles. The van der Waals surface area contributed by atoms with Crippen molar-refractivity contribution in [2.45, 2.75) is 58.5 Å². The smallest absolute Gasteiger partial charge is 0.0978 e. The first kappa shape index (κ1) is 14.3. The van der Waals surface area contributed by atoms with Crippen molar-refractivity contribution in [3.05, 3.63) is 24.0 Å². The molecule has 0 radical (unpaired) electrons. The molecule has 0 amide bonds. The molecule has 0 saturated carbocycles. The number of hydrogen-bond donors (Lipinski definition) is 1. The third kappa shape index (κ3) is 3.88. The summed E-state index contributed by atoms with van der Waals surface area (Å²) in [7, 11) is 0. The molecule has 0 heterocycles. The molecule has 1 aliphatic rings. The van der Waals surface area contributed by atoms with E-state index in [1.54, 1.807) is 0 Å². The van der Waals surface area contributed by atoms with Crippen LogP contribution in [0.25, 0.3) is 0 Å². The second kappa shape index (κ2) is 6.25. The third-order valence-corrected chi connectivity index (χ3v) is 3.47. The van der Waals surface area contributed by atoms with Crippen molar-refractivity contribution >= 4 is 0 Å². The highest BCUT2D eigenvalue weighted by Gasteiger charge is 2.36. The molecule has 1 rings (SSSR count). The van der Waals surface area contributed by atoms with Crippen LogP contribution in [0.3, 0.4) is 0 Å². The Labute approximate surface area is 105 Å². The largest absolute Gasteiger partial charge is 0.498 e. The fourth-order valence-corrected chi connectivity index (χ4v) is 2.25. The molecule has 0 aromatic heterocycles. The minimum Gasteiger partial charge on any atom is -0.498 e. The Morgan fingerprint density at radius 1 is 1.53 bits per heavy atom. The van der Waals surface area contributed by atoms with Gasteiger partial charge in [0, 0.05) is 6.42 Å². The van der Waals surface area contributed by atoms with E-state index in [-0.39, 0.29) is 0 Å². The second-order valence-corrected chi connectivity index (χ2v) is 5.47. The standard InChI is InChI=1S/C15H26O2/c1-5-6-7-9-15(16)10-8-14(13(15)4)17-11-12(2)3/h5,12,16H,1,6-11H2,2-4H3. The van der Waals surface area contributed by atoms with Crippen molar-refractivity contribution in [1.29, 1.82) is 0 Å². The Balaban J connectivity index is 2.55. The van der Waals surface area contributed by atoms with Gasteiger partial charge in [-0.1, -0.05) is 19.9 Å². The lowest BCUT2D eigenvalue weighted by Crippen LogP contribution is -2.26. The molecule has 17 heavy (non-hydrogen) atoms. The van der Waals surface area contributed by atoms with Gasteiger partial charge >= 0.3 is 0 Å². The van der Waals surface area contributed by atoms with Crippen LogP contribution in [-0.4, -0.2) is 17.3 Å². The number of unbranched alkanes of at least 4 members (excludes halogenated alkanes) is 1. The average molecular weight is 238 g/mol. The molecular weight excluding hydrogens is 212 g/mol. The summed E-state index contributed by atoms with van der Waals surface area (Å²) in [5, 5.41) is 10.5. The zero-order chi connectivity index (χ0) is 12.9. The van der Waals surface area contributed by atoms with Gasteiger partial charge < -0.3 is 9.84 Å². The van der Waals surface area contributed by atoms with Crippen LogP contribution in [0.15, 0.2) is 24.0 Å². The summed E-state index contributed by atoms with van der Waals surface area (Å²) in [4.78, 5) is 0. The van der Waals surface area contributed by atoms with Gasteiger partial charge in [-0.2, -0.15) is 0 Å². The molecule has 0 aromatic carbocycles. The molecule has 98 valence electrons. The molecule has 1 aliphatic carbocycles. The fourth-order valence-electron chi connectivity index (χ4n) is 2.25. The molecule has 0 aromatic rings. The quantitative estimate of drug-likeness (QED) is 0.540. The summed E-state index contributed by atoms with van der Waals surface area (Å²) in [5.41, 5.74) is 0.414. The van der Waals surface area contributed by atoms with E-state index in [0.29, 0.717) is 5.92 Å². The number of aliphatic hydroxyl groups is 1. The minimum atomic E-state index is -0.630. The molecular formula is C15H26O2. The van der Waals surface area contributed by atoms with Gasteiger partial charge in [-0.3, -0.25) is 0 Å². The molecule has 2 heteroatoms. The summed E-state index contributed by atoms with van der Waals surface area (Å²) in [6, 6.07) is 0. The van der Waals surface area contributed by atoms with E-state index in [1.165, 1.54) is 0 Å². The van der Waals surface area contributed by atoms with Crippen molar-refractivity contribution in [3.63, 3.8) is 0 Å². The maximum Gasteiger partial charge on any atom is 0.0978 e. The molecule has 0 bridgehead atoms. The predicted molar refractivity (Wildman–Crippen MR) is 71.7 cm³/mol. The van der Waals surface area contributed by atoms with E-state index in [9.17, 15) is 5.11 Å². The lowest BCUT2D eigenvalue weighted by Gasteiger charge is -2.24. The van der Waals surface area contributed by atoms with Gasteiger partial charge in [0.1, 0.15) is 0 Å². The Bertz CT molecular complexity index is 291. The third-order valence-electron chi connectivity index (χ3n) is 3.47.